The number of ether oxygens (including phenoxy) is 1. The van der Waals surface area contributed by atoms with Crippen LogP contribution in [0, 0.1) is 0 Å². The summed E-state index contributed by atoms with van der Waals surface area (Å²) in [4.78, 5) is 8.74. The highest BCUT2D eigenvalue weighted by Crippen LogP contribution is 2.32. The van der Waals surface area contributed by atoms with Gasteiger partial charge < -0.3 is 15.0 Å². The Kier molecular flexibility index (Phi) is 6.93. The minimum atomic E-state index is 0.615. The molecule has 0 aliphatic carbocycles. The van der Waals surface area contributed by atoms with Crippen molar-refractivity contribution in [3.05, 3.63) is 10.6 Å². The van der Waals surface area contributed by atoms with Crippen LogP contribution in [-0.4, -0.2) is 31.2 Å². The van der Waals surface area contributed by atoms with Crippen molar-refractivity contribution in [2.45, 2.75) is 65.1 Å². The molecule has 0 amide bonds. The normalized spacial score (nSPS) is 19.2. The molecule has 0 aromatic carbocycles. The maximum atomic E-state index is 5.33. The van der Waals surface area contributed by atoms with E-state index in [0.717, 1.165) is 31.7 Å². The van der Waals surface area contributed by atoms with Crippen LogP contribution in [0.5, 0.6) is 0 Å². The molecule has 1 fully saturated rings. The summed E-state index contributed by atoms with van der Waals surface area (Å²) in [6, 6.07) is 0.664. The minimum absolute atomic E-state index is 0.615. The Labute approximate surface area is 132 Å². The lowest BCUT2D eigenvalue weighted by molar-refractivity contribution is 0.181. The lowest BCUT2D eigenvalue weighted by atomic mass is 10.0. The Morgan fingerprint density at radius 2 is 2.24 bits per heavy atom. The number of piperidine rings is 1. The van der Waals surface area contributed by atoms with Crippen molar-refractivity contribution >= 4 is 16.5 Å². The molecule has 2 rings (SSSR count). The number of nitrogens with zero attached hydrogens (tertiary/aromatic N) is 2. The van der Waals surface area contributed by atoms with Crippen LogP contribution in [0.1, 0.15) is 56.5 Å². The molecule has 1 aliphatic heterocycles. The Bertz CT molecular complexity index is 422. The second kappa shape index (κ2) is 8.71. The highest BCUT2D eigenvalue weighted by Gasteiger charge is 2.24. The van der Waals surface area contributed by atoms with Crippen molar-refractivity contribution in [3.8, 4) is 0 Å². The highest BCUT2D eigenvalue weighted by atomic mass is 32.1. The topological polar surface area (TPSA) is 37.4 Å². The molecule has 1 atom stereocenters. The average molecular weight is 311 g/mol. The van der Waals surface area contributed by atoms with Gasteiger partial charge in [-0.1, -0.05) is 13.8 Å². The van der Waals surface area contributed by atoms with Crippen LogP contribution in [0.2, 0.25) is 0 Å². The molecule has 1 saturated heterocycles. The maximum absolute atomic E-state index is 5.33. The number of hydrogen-bond donors (Lipinski definition) is 1. The first-order chi connectivity index (χ1) is 10.3. The first-order valence-corrected chi connectivity index (χ1v) is 9.06. The number of anilines is 1. The van der Waals surface area contributed by atoms with Crippen molar-refractivity contribution in [2.75, 3.05) is 25.1 Å². The van der Waals surface area contributed by atoms with Gasteiger partial charge in [-0.25, -0.2) is 4.98 Å². The van der Waals surface area contributed by atoms with E-state index in [9.17, 15) is 0 Å². The van der Waals surface area contributed by atoms with Gasteiger partial charge in [-0.15, -0.1) is 11.3 Å². The van der Waals surface area contributed by atoms with Crippen molar-refractivity contribution in [1.82, 2.24) is 10.3 Å². The van der Waals surface area contributed by atoms with Gasteiger partial charge in [0.2, 0.25) is 0 Å². The third kappa shape index (κ3) is 4.41. The first kappa shape index (κ1) is 16.7. The van der Waals surface area contributed by atoms with E-state index in [1.807, 2.05) is 11.3 Å². The summed E-state index contributed by atoms with van der Waals surface area (Å²) in [5.74, 6) is 0. The third-order valence-electron chi connectivity index (χ3n) is 4.10. The molecule has 0 radical (unpaired) electrons. The fraction of sp³-hybridized carbons (Fsp3) is 0.812. The third-order valence-corrected chi connectivity index (χ3v) is 5.24. The van der Waals surface area contributed by atoms with E-state index in [2.05, 4.69) is 24.1 Å². The predicted octanol–water partition coefficient (Wildman–Crippen LogP) is 3.56. The van der Waals surface area contributed by atoms with E-state index >= 15 is 0 Å². The fourth-order valence-corrected chi connectivity index (χ4v) is 4.07. The molecular formula is C16H29N3OS. The number of rotatable bonds is 8. The Morgan fingerprint density at radius 3 is 2.95 bits per heavy atom. The van der Waals surface area contributed by atoms with E-state index in [1.165, 1.54) is 35.7 Å². The molecule has 2 heterocycles. The van der Waals surface area contributed by atoms with Crippen molar-refractivity contribution in [1.29, 1.82) is 0 Å². The molecule has 0 saturated carbocycles. The highest BCUT2D eigenvalue weighted by molar-refractivity contribution is 7.15. The van der Waals surface area contributed by atoms with Crippen LogP contribution >= 0.6 is 11.3 Å². The number of hydrogen-bond acceptors (Lipinski definition) is 5. The summed E-state index contributed by atoms with van der Waals surface area (Å²) in [5, 5.41) is 4.68. The molecule has 5 heteroatoms. The van der Waals surface area contributed by atoms with Gasteiger partial charge in [0.1, 0.15) is 0 Å². The second-order valence-corrected chi connectivity index (χ2v) is 6.79. The van der Waals surface area contributed by atoms with Crippen LogP contribution in [-0.2, 0) is 17.9 Å². The van der Waals surface area contributed by atoms with Crippen LogP contribution in [0.3, 0.4) is 0 Å². The summed E-state index contributed by atoms with van der Waals surface area (Å²) >= 11 is 1.85. The zero-order chi connectivity index (χ0) is 15.1. The molecule has 1 N–H and O–H groups in total. The standard InChI is InChI=1S/C16H29N3OS/c1-4-9-17-11-15-14(12-20-3)18-16(21-15)19-10-7-6-8-13(19)5-2/h13,17H,4-12H2,1-3H3. The number of aromatic nitrogens is 1. The van der Waals surface area contributed by atoms with Crippen LogP contribution < -0.4 is 10.2 Å². The molecule has 120 valence electrons. The zero-order valence-corrected chi connectivity index (χ0v) is 14.5. The molecule has 21 heavy (non-hydrogen) atoms. The van der Waals surface area contributed by atoms with Crippen LogP contribution in [0.25, 0.3) is 0 Å². The van der Waals surface area contributed by atoms with Crippen molar-refractivity contribution < 1.29 is 4.74 Å². The molecule has 1 aliphatic rings. The Balaban J connectivity index is 2.12. The van der Waals surface area contributed by atoms with Gasteiger partial charge in [0, 0.05) is 31.1 Å². The monoisotopic (exact) mass is 311 g/mol. The van der Waals surface area contributed by atoms with E-state index in [1.54, 1.807) is 7.11 Å². The molecule has 0 spiro atoms. The lowest BCUT2D eigenvalue weighted by Gasteiger charge is -2.35. The quantitative estimate of drug-likeness (QED) is 0.745. The number of thiazole rings is 1. The van der Waals surface area contributed by atoms with Gasteiger partial charge in [0.05, 0.1) is 12.3 Å². The SMILES string of the molecule is CCCNCc1sc(N2CCCCC2CC)nc1COC. The zero-order valence-electron chi connectivity index (χ0n) is 13.7. The van der Waals surface area contributed by atoms with Gasteiger partial charge in [-0.3, -0.25) is 0 Å². The fourth-order valence-electron chi connectivity index (χ4n) is 2.94. The molecule has 1 aromatic rings. The summed E-state index contributed by atoms with van der Waals surface area (Å²) in [5.41, 5.74) is 1.11. The van der Waals surface area contributed by atoms with Gasteiger partial charge in [0.15, 0.2) is 5.13 Å². The summed E-state index contributed by atoms with van der Waals surface area (Å²) < 4.78 is 5.33. The number of nitrogens with one attached hydrogen (secondary N) is 1. The van der Waals surface area contributed by atoms with Gasteiger partial charge >= 0.3 is 0 Å². The van der Waals surface area contributed by atoms with Gasteiger partial charge in [-0.05, 0) is 38.6 Å². The van der Waals surface area contributed by atoms with Gasteiger partial charge in [-0.2, -0.15) is 0 Å². The summed E-state index contributed by atoms with van der Waals surface area (Å²) in [7, 11) is 1.75. The molecule has 1 unspecified atom stereocenters. The maximum Gasteiger partial charge on any atom is 0.186 e. The largest absolute Gasteiger partial charge is 0.378 e. The van der Waals surface area contributed by atoms with E-state index in [-0.39, 0.29) is 0 Å². The smallest absolute Gasteiger partial charge is 0.186 e. The molecule has 4 nitrogen and oxygen atoms in total. The number of methoxy groups -OCH3 is 1. The molecule has 1 aromatic heterocycles. The summed E-state index contributed by atoms with van der Waals surface area (Å²) in [6.45, 7) is 8.22. The minimum Gasteiger partial charge on any atom is -0.378 e. The van der Waals surface area contributed by atoms with Crippen LogP contribution in [0.4, 0.5) is 5.13 Å². The predicted molar refractivity (Wildman–Crippen MR) is 90.1 cm³/mol. The van der Waals surface area contributed by atoms with E-state index in [0.29, 0.717) is 12.6 Å². The van der Waals surface area contributed by atoms with Crippen molar-refractivity contribution in [2.24, 2.45) is 0 Å². The molecule has 0 bridgehead atoms. The Morgan fingerprint density at radius 1 is 1.38 bits per heavy atom. The average Bonchev–Trinajstić information content (AvgIpc) is 2.91. The first-order valence-electron chi connectivity index (χ1n) is 8.25. The summed E-state index contributed by atoms with van der Waals surface area (Å²) in [6.07, 6.45) is 6.33. The second-order valence-electron chi connectivity index (χ2n) is 5.73. The van der Waals surface area contributed by atoms with E-state index in [4.69, 9.17) is 9.72 Å². The Hall–Kier alpha value is -0.650. The van der Waals surface area contributed by atoms with E-state index < -0.39 is 0 Å². The van der Waals surface area contributed by atoms with Gasteiger partial charge in [0.25, 0.3) is 0 Å². The lowest BCUT2D eigenvalue weighted by Crippen LogP contribution is -2.39. The molecular weight excluding hydrogens is 282 g/mol. The van der Waals surface area contributed by atoms with Crippen LogP contribution in [0.15, 0.2) is 0 Å². The van der Waals surface area contributed by atoms with Crippen molar-refractivity contribution in [3.63, 3.8) is 0 Å².